The second-order valence-corrected chi connectivity index (χ2v) is 5.77. The largest absolute Gasteiger partial charge is 0.307 e. The zero-order valence-electron chi connectivity index (χ0n) is 11.5. The summed E-state index contributed by atoms with van der Waals surface area (Å²) in [7, 11) is 0. The van der Waals surface area contributed by atoms with Crippen LogP contribution in [-0.2, 0) is 0 Å². The second kappa shape index (κ2) is 6.33. The molecule has 1 aliphatic rings. The summed E-state index contributed by atoms with van der Waals surface area (Å²) in [5, 5.41) is 3.77. The molecule has 100 valence electrons. The van der Waals surface area contributed by atoms with Gasteiger partial charge >= 0.3 is 0 Å². The minimum Gasteiger partial charge on any atom is -0.307 e. The zero-order valence-corrected chi connectivity index (χ0v) is 11.5. The van der Waals surface area contributed by atoms with Crippen LogP contribution in [-0.4, -0.2) is 6.04 Å². The smallest absolute Gasteiger partial charge is 0.123 e. The molecule has 0 radical (unpaired) electrons. The first-order valence-corrected chi connectivity index (χ1v) is 7.18. The van der Waals surface area contributed by atoms with Crippen molar-refractivity contribution in [2.24, 2.45) is 5.92 Å². The molecule has 0 spiro atoms. The van der Waals surface area contributed by atoms with E-state index in [4.69, 9.17) is 0 Å². The van der Waals surface area contributed by atoms with Crippen molar-refractivity contribution in [3.8, 4) is 0 Å². The van der Waals surface area contributed by atoms with Gasteiger partial charge in [-0.05, 0) is 36.5 Å². The Kier molecular flexibility index (Phi) is 4.76. The molecule has 0 aliphatic heterocycles. The quantitative estimate of drug-likeness (QED) is 0.831. The third kappa shape index (κ3) is 3.55. The number of hydrogen-bond acceptors (Lipinski definition) is 1. The van der Waals surface area contributed by atoms with Gasteiger partial charge in [-0.15, -0.1) is 0 Å². The minimum absolute atomic E-state index is 0.154. The molecule has 0 bridgehead atoms. The standard InChI is InChI=1S/C16H24FN/c1-12(2)16(13-8-10-14(17)11-9-13)18-15-6-4-3-5-7-15/h8-12,15-16,18H,3-7H2,1-2H3. The van der Waals surface area contributed by atoms with Crippen LogP contribution in [0.1, 0.15) is 57.6 Å². The van der Waals surface area contributed by atoms with Gasteiger partial charge in [0.2, 0.25) is 0 Å². The fraction of sp³-hybridized carbons (Fsp3) is 0.625. The highest BCUT2D eigenvalue weighted by atomic mass is 19.1. The molecule has 1 fully saturated rings. The Bertz CT molecular complexity index is 352. The molecule has 1 N–H and O–H groups in total. The van der Waals surface area contributed by atoms with E-state index >= 15 is 0 Å². The lowest BCUT2D eigenvalue weighted by molar-refractivity contribution is 0.300. The Morgan fingerprint density at radius 1 is 1.06 bits per heavy atom. The second-order valence-electron chi connectivity index (χ2n) is 5.77. The fourth-order valence-corrected chi connectivity index (χ4v) is 2.87. The van der Waals surface area contributed by atoms with Crippen LogP contribution in [0.2, 0.25) is 0 Å². The molecule has 0 aromatic heterocycles. The summed E-state index contributed by atoms with van der Waals surface area (Å²) >= 11 is 0. The summed E-state index contributed by atoms with van der Waals surface area (Å²) in [4.78, 5) is 0. The van der Waals surface area contributed by atoms with Gasteiger partial charge in [-0.2, -0.15) is 0 Å². The highest BCUT2D eigenvalue weighted by molar-refractivity contribution is 5.20. The highest BCUT2D eigenvalue weighted by Gasteiger charge is 2.21. The van der Waals surface area contributed by atoms with Crippen molar-refractivity contribution in [3.05, 3.63) is 35.6 Å². The van der Waals surface area contributed by atoms with Gasteiger partial charge in [-0.1, -0.05) is 45.2 Å². The summed E-state index contributed by atoms with van der Waals surface area (Å²) in [6, 6.07) is 7.93. The molecule has 1 aliphatic carbocycles. The van der Waals surface area contributed by atoms with Crippen molar-refractivity contribution in [3.63, 3.8) is 0 Å². The Balaban J connectivity index is 2.05. The Labute approximate surface area is 110 Å². The summed E-state index contributed by atoms with van der Waals surface area (Å²) in [6.07, 6.45) is 6.62. The van der Waals surface area contributed by atoms with Gasteiger partial charge in [0.25, 0.3) is 0 Å². The summed E-state index contributed by atoms with van der Waals surface area (Å²) in [5.74, 6) is 0.372. The Morgan fingerprint density at radius 3 is 2.22 bits per heavy atom. The molecule has 1 unspecified atom stereocenters. The van der Waals surface area contributed by atoms with Crippen molar-refractivity contribution >= 4 is 0 Å². The lowest BCUT2D eigenvalue weighted by Crippen LogP contribution is -2.36. The maximum Gasteiger partial charge on any atom is 0.123 e. The molecule has 1 atom stereocenters. The third-order valence-electron chi connectivity index (χ3n) is 3.92. The first kappa shape index (κ1) is 13.5. The third-order valence-corrected chi connectivity index (χ3v) is 3.92. The van der Waals surface area contributed by atoms with Crippen LogP contribution in [0.25, 0.3) is 0 Å². The number of rotatable bonds is 4. The molecule has 1 aromatic rings. The molecule has 1 saturated carbocycles. The number of benzene rings is 1. The average Bonchev–Trinajstić information content (AvgIpc) is 2.38. The van der Waals surface area contributed by atoms with Gasteiger partial charge in [0.15, 0.2) is 0 Å². The lowest BCUT2D eigenvalue weighted by atomic mass is 9.90. The summed E-state index contributed by atoms with van der Waals surface area (Å²) in [6.45, 7) is 4.45. The van der Waals surface area contributed by atoms with Gasteiger partial charge in [-0.3, -0.25) is 0 Å². The maximum absolute atomic E-state index is 13.0. The number of nitrogens with one attached hydrogen (secondary N) is 1. The minimum atomic E-state index is -0.154. The van der Waals surface area contributed by atoms with E-state index in [1.807, 2.05) is 12.1 Å². The number of halogens is 1. The van der Waals surface area contributed by atoms with E-state index in [9.17, 15) is 4.39 Å². The molecule has 2 rings (SSSR count). The van der Waals surface area contributed by atoms with E-state index < -0.39 is 0 Å². The molecule has 1 aromatic carbocycles. The van der Waals surface area contributed by atoms with Crippen LogP contribution in [0.3, 0.4) is 0 Å². The number of hydrogen-bond donors (Lipinski definition) is 1. The molecule has 0 amide bonds. The van der Waals surface area contributed by atoms with E-state index in [2.05, 4.69) is 19.2 Å². The Hall–Kier alpha value is -0.890. The van der Waals surface area contributed by atoms with E-state index in [-0.39, 0.29) is 5.82 Å². The predicted octanol–water partition coefficient (Wildman–Crippen LogP) is 4.45. The zero-order chi connectivity index (χ0) is 13.0. The van der Waals surface area contributed by atoms with Crippen LogP contribution in [0.5, 0.6) is 0 Å². The van der Waals surface area contributed by atoms with Crippen molar-refractivity contribution in [1.29, 1.82) is 0 Å². The van der Waals surface area contributed by atoms with Gasteiger partial charge in [0.05, 0.1) is 0 Å². The van der Waals surface area contributed by atoms with E-state index in [0.29, 0.717) is 18.0 Å². The van der Waals surface area contributed by atoms with Crippen LogP contribution < -0.4 is 5.32 Å². The molecule has 0 saturated heterocycles. The van der Waals surface area contributed by atoms with E-state index in [1.165, 1.54) is 37.7 Å². The van der Waals surface area contributed by atoms with Gasteiger partial charge in [-0.25, -0.2) is 4.39 Å². The fourth-order valence-electron chi connectivity index (χ4n) is 2.87. The first-order chi connectivity index (χ1) is 8.66. The lowest BCUT2D eigenvalue weighted by Gasteiger charge is -2.31. The molecule has 0 heterocycles. The van der Waals surface area contributed by atoms with Gasteiger partial charge in [0.1, 0.15) is 5.82 Å². The molecule has 2 heteroatoms. The van der Waals surface area contributed by atoms with E-state index in [1.54, 1.807) is 12.1 Å². The highest BCUT2D eigenvalue weighted by Crippen LogP contribution is 2.26. The van der Waals surface area contributed by atoms with Gasteiger partial charge in [0, 0.05) is 12.1 Å². The average molecular weight is 249 g/mol. The van der Waals surface area contributed by atoms with Crippen molar-refractivity contribution < 1.29 is 4.39 Å². The van der Waals surface area contributed by atoms with Crippen molar-refractivity contribution in [2.45, 2.75) is 58.0 Å². The molecule has 1 nitrogen and oxygen atoms in total. The maximum atomic E-state index is 13.0. The van der Waals surface area contributed by atoms with E-state index in [0.717, 1.165) is 0 Å². The normalized spacial score (nSPS) is 19.1. The first-order valence-electron chi connectivity index (χ1n) is 7.18. The predicted molar refractivity (Wildman–Crippen MR) is 74.0 cm³/mol. The Morgan fingerprint density at radius 2 is 1.67 bits per heavy atom. The molecular weight excluding hydrogens is 225 g/mol. The summed E-state index contributed by atoms with van der Waals surface area (Å²) < 4.78 is 13.0. The van der Waals surface area contributed by atoms with Crippen LogP contribution in [0.15, 0.2) is 24.3 Å². The van der Waals surface area contributed by atoms with Crippen LogP contribution in [0, 0.1) is 11.7 Å². The van der Waals surface area contributed by atoms with Crippen LogP contribution >= 0.6 is 0 Å². The monoisotopic (exact) mass is 249 g/mol. The van der Waals surface area contributed by atoms with Crippen LogP contribution in [0.4, 0.5) is 4.39 Å². The van der Waals surface area contributed by atoms with Crippen molar-refractivity contribution in [1.82, 2.24) is 5.32 Å². The van der Waals surface area contributed by atoms with Gasteiger partial charge < -0.3 is 5.32 Å². The molecule has 18 heavy (non-hydrogen) atoms. The van der Waals surface area contributed by atoms with Crippen molar-refractivity contribution in [2.75, 3.05) is 0 Å². The summed E-state index contributed by atoms with van der Waals surface area (Å²) in [5.41, 5.74) is 1.21. The molecular formula is C16H24FN. The topological polar surface area (TPSA) is 12.0 Å². The SMILES string of the molecule is CC(C)C(NC1CCCCC1)c1ccc(F)cc1.